The molecular weight excluding hydrogens is 239 g/mol. The Hall–Kier alpha value is -1.82. The van der Waals surface area contributed by atoms with Gasteiger partial charge in [-0.3, -0.25) is 4.79 Å². The second kappa shape index (κ2) is 3.84. The Morgan fingerprint density at radius 2 is 2.32 bits per heavy atom. The highest BCUT2D eigenvalue weighted by atomic mass is 16.2. The van der Waals surface area contributed by atoms with E-state index in [1.807, 2.05) is 41.9 Å². The van der Waals surface area contributed by atoms with Crippen molar-refractivity contribution in [1.29, 1.82) is 0 Å². The van der Waals surface area contributed by atoms with E-state index in [0.717, 1.165) is 36.1 Å². The lowest BCUT2D eigenvalue weighted by molar-refractivity contribution is -0.118. The average molecular weight is 254 g/mol. The molecule has 3 heterocycles. The highest BCUT2D eigenvalue weighted by Gasteiger charge is 2.43. The van der Waals surface area contributed by atoms with E-state index in [0.29, 0.717) is 5.92 Å². The fraction of sp³-hybridized carbons (Fsp3) is 0.385. The number of amides is 1. The van der Waals surface area contributed by atoms with Crippen molar-refractivity contribution >= 4 is 30.5 Å². The van der Waals surface area contributed by atoms with Gasteiger partial charge in [0.25, 0.3) is 0 Å². The molecule has 0 bridgehead atoms. The summed E-state index contributed by atoms with van der Waals surface area (Å²) in [6.45, 7) is 1.79. The zero-order valence-corrected chi connectivity index (χ0v) is 10.8. The van der Waals surface area contributed by atoms with Gasteiger partial charge >= 0.3 is 0 Å². The first-order valence-electron chi connectivity index (χ1n) is 6.71. The lowest BCUT2D eigenvalue weighted by Gasteiger charge is -2.18. The maximum absolute atomic E-state index is 12.5. The van der Waals surface area contributed by atoms with E-state index in [2.05, 4.69) is 10.4 Å². The molecule has 5 nitrogen and oxygen atoms in total. The molecule has 1 N–H and O–H groups in total. The van der Waals surface area contributed by atoms with Gasteiger partial charge in [0.1, 0.15) is 0 Å². The predicted octanol–water partition coefficient (Wildman–Crippen LogP) is -0.243. The van der Waals surface area contributed by atoms with E-state index in [4.69, 9.17) is 0 Å². The second-order valence-corrected chi connectivity index (χ2v) is 5.41. The van der Waals surface area contributed by atoms with Gasteiger partial charge in [-0.2, -0.15) is 5.10 Å². The van der Waals surface area contributed by atoms with E-state index in [1.54, 1.807) is 0 Å². The molecule has 4 rings (SSSR count). The first-order chi connectivity index (χ1) is 9.25. The lowest BCUT2D eigenvalue weighted by Crippen LogP contribution is -2.36. The third-order valence-electron chi connectivity index (χ3n) is 4.36. The van der Waals surface area contributed by atoms with Gasteiger partial charge in [-0.25, -0.2) is 0 Å². The lowest BCUT2D eigenvalue weighted by atomic mass is 10.1. The molecule has 1 amide bonds. The molecule has 1 aromatic heterocycles. The number of hydrogen-bond donors (Lipinski definition) is 1. The maximum Gasteiger partial charge on any atom is 0.249 e. The Kier molecular flexibility index (Phi) is 2.23. The number of hydrogen-bond acceptors (Lipinski definition) is 3. The topological polar surface area (TPSA) is 50.2 Å². The molecule has 96 valence electrons. The van der Waals surface area contributed by atoms with Crippen LogP contribution in [0.3, 0.4) is 0 Å². The third-order valence-corrected chi connectivity index (χ3v) is 4.36. The van der Waals surface area contributed by atoms with Crippen molar-refractivity contribution in [3.8, 4) is 0 Å². The number of anilines is 1. The van der Waals surface area contributed by atoms with Crippen LogP contribution in [0.15, 0.2) is 24.4 Å². The van der Waals surface area contributed by atoms with Crippen LogP contribution in [0.25, 0.3) is 10.9 Å². The highest BCUT2D eigenvalue weighted by Crippen LogP contribution is 2.34. The third kappa shape index (κ3) is 1.46. The molecule has 0 unspecified atom stereocenters. The van der Waals surface area contributed by atoms with Crippen molar-refractivity contribution in [2.24, 2.45) is 5.92 Å². The largest absolute Gasteiger partial charge is 0.319 e. The SMILES string of the molecule is Bn1ncc2c(N3C[C@@H]4CCN[C@@H]4C3=O)cccc21. The molecule has 2 fully saturated rings. The number of rotatable bonds is 1. The molecule has 1 aromatic carbocycles. The molecule has 2 aromatic rings. The van der Waals surface area contributed by atoms with Gasteiger partial charge in [0, 0.05) is 17.8 Å². The summed E-state index contributed by atoms with van der Waals surface area (Å²) < 4.78 is 1.85. The zero-order chi connectivity index (χ0) is 13.0. The molecule has 2 aliphatic rings. The summed E-state index contributed by atoms with van der Waals surface area (Å²) in [4.78, 5) is 14.4. The summed E-state index contributed by atoms with van der Waals surface area (Å²) in [5.74, 6) is 0.665. The van der Waals surface area contributed by atoms with Gasteiger partial charge in [-0.1, -0.05) is 6.07 Å². The van der Waals surface area contributed by atoms with Crippen molar-refractivity contribution in [3.05, 3.63) is 24.4 Å². The summed E-state index contributed by atoms with van der Waals surface area (Å²) >= 11 is 0. The van der Waals surface area contributed by atoms with Crippen molar-refractivity contribution < 1.29 is 4.79 Å². The Labute approximate surface area is 112 Å². The first kappa shape index (κ1) is 11.0. The predicted molar refractivity (Wildman–Crippen MR) is 75.9 cm³/mol. The molecule has 2 aliphatic heterocycles. The van der Waals surface area contributed by atoms with E-state index in [-0.39, 0.29) is 11.9 Å². The van der Waals surface area contributed by atoms with Gasteiger partial charge in [0.2, 0.25) is 13.9 Å². The molecule has 0 aliphatic carbocycles. The van der Waals surface area contributed by atoms with Crippen molar-refractivity contribution in [2.45, 2.75) is 12.5 Å². The Balaban J connectivity index is 1.81. The van der Waals surface area contributed by atoms with Crippen LogP contribution in [0.4, 0.5) is 5.69 Å². The van der Waals surface area contributed by atoms with Crippen LogP contribution in [0.5, 0.6) is 0 Å². The smallest absolute Gasteiger partial charge is 0.249 e. The normalized spacial score (nSPS) is 26.3. The van der Waals surface area contributed by atoms with Crippen LogP contribution >= 0.6 is 0 Å². The molecule has 2 saturated heterocycles. The summed E-state index contributed by atoms with van der Waals surface area (Å²) in [5.41, 5.74) is 2.06. The number of carbonyl (C=O) groups is 1. The fourth-order valence-corrected chi connectivity index (χ4v) is 3.35. The molecule has 19 heavy (non-hydrogen) atoms. The zero-order valence-electron chi connectivity index (χ0n) is 10.8. The van der Waals surface area contributed by atoms with E-state index < -0.39 is 0 Å². The monoisotopic (exact) mass is 254 g/mol. The molecule has 6 heteroatoms. The minimum atomic E-state index is 0.0203. The fourth-order valence-electron chi connectivity index (χ4n) is 3.35. The Morgan fingerprint density at radius 1 is 1.42 bits per heavy atom. The number of nitrogens with zero attached hydrogens (tertiary/aromatic N) is 3. The summed E-state index contributed by atoms with van der Waals surface area (Å²) in [6.07, 6.45) is 2.94. The Bertz CT molecular complexity index is 668. The molecular formula is C13H15BN4O. The van der Waals surface area contributed by atoms with E-state index in [9.17, 15) is 4.79 Å². The standard InChI is InChI=1S/C13H15BN4O/c14-18-11-3-1-2-10(9(11)6-16-18)17-7-8-4-5-15-12(8)13(17)19/h1-3,6,8,12,15H,4-5,7,14H2/t8-,12-/m0/s1. The highest BCUT2D eigenvalue weighted by molar-refractivity contribution is 6.13. The maximum atomic E-state index is 12.5. The molecule has 0 saturated carbocycles. The van der Waals surface area contributed by atoms with Crippen molar-refractivity contribution in [3.63, 3.8) is 0 Å². The van der Waals surface area contributed by atoms with E-state index in [1.165, 1.54) is 0 Å². The number of fused-ring (bicyclic) bond motifs is 2. The van der Waals surface area contributed by atoms with Crippen LogP contribution in [-0.2, 0) is 4.79 Å². The van der Waals surface area contributed by atoms with Crippen LogP contribution < -0.4 is 10.2 Å². The minimum Gasteiger partial charge on any atom is -0.319 e. The van der Waals surface area contributed by atoms with Crippen LogP contribution in [0.1, 0.15) is 6.42 Å². The first-order valence-corrected chi connectivity index (χ1v) is 6.71. The van der Waals surface area contributed by atoms with Crippen LogP contribution in [0.2, 0.25) is 0 Å². The van der Waals surface area contributed by atoms with Gasteiger partial charge in [-0.05, 0) is 25.1 Å². The van der Waals surface area contributed by atoms with Crippen LogP contribution in [0, 0.1) is 5.92 Å². The number of benzene rings is 1. The van der Waals surface area contributed by atoms with Gasteiger partial charge in [-0.15, -0.1) is 0 Å². The number of nitrogens with one attached hydrogen (secondary N) is 1. The summed E-state index contributed by atoms with van der Waals surface area (Å²) in [6, 6.07) is 6.06. The summed E-state index contributed by atoms with van der Waals surface area (Å²) in [5, 5.41) is 8.65. The quantitative estimate of drug-likeness (QED) is 0.714. The van der Waals surface area contributed by atoms with Crippen molar-refractivity contribution in [1.82, 2.24) is 15.0 Å². The van der Waals surface area contributed by atoms with Gasteiger partial charge in [0.05, 0.1) is 23.4 Å². The minimum absolute atomic E-state index is 0.0203. The van der Waals surface area contributed by atoms with Crippen molar-refractivity contribution in [2.75, 3.05) is 18.0 Å². The number of carbonyl (C=O) groups excluding carboxylic acids is 1. The van der Waals surface area contributed by atoms with Crippen LogP contribution in [-0.4, -0.2) is 42.7 Å². The van der Waals surface area contributed by atoms with Gasteiger partial charge in [0.15, 0.2) is 0 Å². The van der Waals surface area contributed by atoms with E-state index >= 15 is 0 Å². The average Bonchev–Trinajstić information content (AvgIpc) is 3.08. The Morgan fingerprint density at radius 3 is 3.16 bits per heavy atom. The molecule has 2 atom stereocenters. The summed E-state index contributed by atoms with van der Waals surface area (Å²) in [7, 11) is 1.92. The molecule has 0 radical (unpaired) electrons. The van der Waals surface area contributed by atoms with Gasteiger partial charge < -0.3 is 14.8 Å². The second-order valence-electron chi connectivity index (χ2n) is 5.41. The molecule has 0 spiro atoms. The number of aromatic nitrogens is 2.